The minimum absolute atomic E-state index is 0.141. The molecule has 2 N–H and O–H groups in total. The van der Waals surface area contributed by atoms with E-state index in [0.717, 1.165) is 29.7 Å². The van der Waals surface area contributed by atoms with Gasteiger partial charge in [-0.25, -0.2) is 0 Å². The Kier molecular flexibility index (Phi) is 2.58. The molecule has 1 aromatic carbocycles. The third kappa shape index (κ3) is 1.76. The average molecular weight is 222 g/mol. The summed E-state index contributed by atoms with van der Waals surface area (Å²) in [6.45, 7) is 5.89. The first-order valence-electron chi connectivity index (χ1n) is 5.59. The van der Waals surface area contributed by atoms with E-state index in [4.69, 9.17) is 4.74 Å². The summed E-state index contributed by atoms with van der Waals surface area (Å²) in [6, 6.07) is 1.66. The molecule has 16 heavy (non-hydrogen) atoms. The number of hydrogen-bond acceptors (Lipinski definition) is 3. The highest BCUT2D eigenvalue weighted by atomic mass is 16.5. The topological polar surface area (TPSA) is 49.7 Å². The Labute approximate surface area is 95.7 Å². The summed E-state index contributed by atoms with van der Waals surface area (Å²) in [4.78, 5) is 0. The predicted octanol–water partition coefficient (Wildman–Crippen LogP) is 2.30. The first-order valence-corrected chi connectivity index (χ1v) is 5.59. The fourth-order valence-electron chi connectivity index (χ4n) is 2.22. The first-order chi connectivity index (χ1) is 7.44. The average Bonchev–Trinajstić information content (AvgIpc) is 2.19. The van der Waals surface area contributed by atoms with Gasteiger partial charge < -0.3 is 14.9 Å². The second kappa shape index (κ2) is 3.67. The van der Waals surface area contributed by atoms with Crippen LogP contribution >= 0.6 is 0 Å². The Morgan fingerprint density at radius 2 is 2.12 bits per heavy atom. The van der Waals surface area contributed by atoms with E-state index in [0.29, 0.717) is 5.56 Å². The van der Waals surface area contributed by atoms with Crippen molar-refractivity contribution in [3.05, 3.63) is 22.8 Å². The lowest BCUT2D eigenvalue weighted by Crippen LogP contribution is -2.33. The van der Waals surface area contributed by atoms with E-state index in [1.165, 1.54) is 0 Å². The molecule has 1 aliphatic rings. The molecule has 1 aliphatic heterocycles. The number of phenols is 1. The van der Waals surface area contributed by atoms with Crippen LogP contribution < -0.4 is 4.74 Å². The van der Waals surface area contributed by atoms with Crippen molar-refractivity contribution in [2.75, 3.05) is 0 Å². The van der Waals surface area contributed by atoms with E-state index in [9.17, 15) is 10.2 Å². The molecule has 3 heteroatoms. The van der Waals surface area contributed by atoms with Gasteiger partial charge in [0.1, 0.15) is 17.1 Å². The van der Waals surface area contributed by atoms with Crippen molar-refractivity contribution in [3.8, 4) is 11.5 Å². The van der Waals surface area contributed by atoms with Crippen LogP contribution in [0.4, 0.5) is 0 Å². The molecule has 0 bridgehead atoms. The lowest BCUT2D eigenvalue weighted by molar-refractivity contribution is 0.0824. The van der Waals surface area contributed by atoms with E-state index >= 15 is 0 Å². The number of aliphatic hydroxyl groups excluding tert-OH is 1. The lowest BCUT2D eigenvalue weighted by atomic mass is 9.89. The lowest BCUT2D eigenvalue weighted by Gasteiger charge is -2.34. The molecule has 0 aliphatic carbocycles. The molecule has 1 heterocycles. The number of fused-ring (bicyclic) bond motifs is 1. The monoisotopic (exact) mass is 222 g/mol. The van der Waals surface area contributed by atoms with Crippen LogP contribution in [0.15, 0.2) is 6.07 Å². The van der Waals surface area contributed by atoms with Crippen molar-refractivity contribution < 1.29 is 14.9 Å². The van der Waals surface area contributed by atoms with Crippen molar-refractivity contribution in [2.24, 2.45) is 0 Å². The predicted molar refractivity (Wildman–Crippen MR) is 61.8 cm³/mol. The van der Waals surface area contributed by atoms with Gasteiger partial charge in [0.15, 0.2) is 0 Å². The second-order valence-electron chi connectivity index (χ2n) is 5.02. The summed E-state index contributed by atoms with van der Waals surface area (Å²) in [7, 11) is 0. The maximum Gasteiger partial charge on any atom is 0.126 e. The SMILES string of the molecule is Cc1cc(O)c(CO)c2c1OC(C)(C)CC2. The number of benzene rings is 1. The van der Waals surface area contributed by atoms with E-state index in [-0.39, 0.29) is 18.0 Å². The third-order valence-corrected chi connectivity index (χ3v) is 3.17. The molecule has 88 valence electrons. The maximum atomic E-state index is 9.76. The Bertz CT molecular complexity index is 422. The standard InChI is InChI=1S/C13H18O3/c1-8-6-11(15)10(7-14)9-4-5-13(2,3)16-12(8)9/h6,14-15H,4-5,7H2,1-3H3. The summed E-state index contributed by atoms with van der Waals surface area (Å²) in [5, 5.41) is 19.0. The largest absolute Gasteiger partial charge is 0.508 e. The molecule has 0 saturated carbocycles. The molecule has 3 nitrogen and oxygen atoms in total. The number of ether oxygens (including phenoxy) is 1. The molecule has 0 saturated heterocycles. The van der Waals surface area contributed by atoms with Crippen molar-refractivity contribution >= 4 is 0 Å². The van der Waals surface area contributed by atoms with Crippen LogP contribution in [-0.4, -0.2) is 15.8 Å². The number of aromatic hydroxyl groups is 1. The van der Waals surface area contributed by atoms with Gasteiger partial charge in [-0.15, -0.1) is 0 Å². The van der Waals surface area contributed by atoms with Crippen LogP contribution in [0.5, 0.6) is 11.5 Å². The molecule has 0 aromatic heterocycles. The van der Waals surface area contributed by atoms with Crippen LogP contribution in [0.2, 0.25) is 0 Å². The molecule has 0 radical (unpaired) electrons. The zero-order valence-electron chi connectivity index (χ0n) is 10.0. The molecule has 0 fully saturated rings. The molecule has 0 amide bonds. The van der Waals surface area contributed by atoms with Gasteiger partial charge in [-0.1, -0.05) is 0 Å². The Morgan fingerprint density at radius 1 is 1.44 bits per heavy atom. The minimum atomic E-state index is -0.165. The van der Waals surface area contributed by atoms with Crippen LogP contribution in [-0.2, 0) is 13.0 Å². The molecular formula is C13H18O3. The highest BCUT2D eigenvalue weighted by Crippen LogP contribution is 2.40. The number of aryl methyl sites for hydroxylation is 1. The summed E-state index contributed by atoms with van der Waals surface area (Å²) in [5.41, 5.74) is 2.33. The summed E-state index contributed by atoms with van der Waals surface area (Å²) in [6.07, 6.45) is 1.74. The number of hydrogen-bond donors (Lipinski definition) is 2. The normalized spacial score (nSPS) is 17.8. The van der Waals surface area contributed by atoms with Gasteiger partial charge in [-0.2, -0.15) is 0 Å². The van der Waals surface area contributed by atoms with Crippen molar-refractivity contribution in [2.45, 2.75) is 45.8 Å². The van der Waals surface area contributed by atoms with Gasteiger partial charge in [0.25, 0.3) is 0 Å². The van der Waals surface area contributed by atoms with Gasteiger partial charge in [0, 0.05) is 11.1 Å². The van der Waals surface area contributed by atoms with Crippen molar-refractivity contribution in [1.82, 2.24) is 0 Å². The van der Waals surface area contributed by atoms with Gasteiger partial charge >= 0.3 is 0 Å². The van der Waals surface area contributed by atoms with E-state index < -0.39 is 0 Å². The quantitative estimate of drug-likeness (QED) is 0.766. The van der Waals surface area contributed by atoms with E-state index in [1.807, 2.05) is 6.92 Å². The Hall–Kier alpha value is -1.22. The molecule has 0 atom stereocenters. The fraction of sp³-hybridized carbons (Fsp3) is 0.538. The van der Waals surface area contributed by atoms with Gasteiger partial charge in [-0.05, 0) is 45.2 Å². The number of aliphatic hydroxyl groups is 1. The maximum absolute atomic E-state index is 9.76. The van der Waals surface area contributed by atoms with Gasteiger partial charge in [0.2, 0.25) is 0 Å². The van der Waals surface area contributed by atoms with Gasteiger partial charge in [0.05, 0.1) is 6.61 Å². The first kappa shape index (κ1) is 11.3. The van der Waals surface area contributed by atoms with Crippen molar-refractivity contribution in [3.63, 3.8) is 0 Å². The van der Waals surface area contributed by atoms with Crippen LogP contribution in [0, 0.1) is 6.92 Å². The summed E-state index contributed by atoms with van der Waals surface area (Å²) >= 11 is 0. The Morgan fingerprint density at radius 3 is 2.75 bits per heavy atom. The molecule has 0 spiro atoms. The summed E-state index contributed by atoms with van der Waals surface area (Å²) in [5.74, 6) is 1.00. The fourth-order valence-corrected chi connectivity index (χ4v) is 2.22. The van der Waals surface area contributed by atoms with Crippen LogP contribution in [0.1, 0.15) is 37.0 Å². The van der Waals surface area contributed by atoms with Crippen LogP contribution in [0.3, 0.4) is 0 Å². The zero-order chi connectivity index (χ0) is 11.9. The Balaban J connectivity index is 2.57. The zero-order valence-corrected chi connectivity index (χ0v) is 10.0. The highest BCUT2D eigenvalue weighted by Gasteiger charge is 2.30. The third-order valence-electron chi connectivity index (χ3n) is 3.17. The highest BCUT2D eigenvalue weighted by molar-refractivity contribution is 5.53. The number of rotatable bonds is 1. The van der Waals surface area contributed by atoms with Crippen molar-refractivity contribution in [1.29, 1.82) is 0 Å². The summed E-state index contributed by atoms with van der Waals surface area (Å²) < 4.78 is 5.93. The molecule has 1 aromatic rings. The second-order valence-corrected chi connectivity index (χ2v) is 5.02. The minimum Gasteiger partial charge on any atom is -0.508 e. The van der Waals surface area contributed by atoms with Gasteiger partial charge in [-0.3, -0.25) is 0 Å². The molecule has 0 unspecified atom stereocenters. The van der Waals surface area contributed by atoms with E-state index in [1.54, 1.807) is 6.07 Å². The smallest absolute Gasteiger partial charge is 0.126 e. The van der Waals surface area contributed by atoms with E-state index in [2.05, 4.69) is 13.8 Å². The molecular weight excluding hydrogens is 204 g/mol. The molecule has 2 rings (SSSR count). The van der Waals surface area contributed by atoms with Crippen LogP contribution in [0.25, 0.3) is 0 Å².